The number of ether oxygens (including phenoxy) is 1. The highest BCUT2D eigenvalue weighted by molar-refractivity contribution is 5.95. The highest BCUT2D eigenvalue weighted by Gasteiger charge is 2.41. The Morgan fingerprint density at radius 3 is 2.52 bits per heavy atom. The van der Waals surface area contributed by atoms with E-state index in [0.29, 0.717) is 17.5 Å². The number of carbonyl (C=O) groups excluding carboxylic acids is 1. The third-order valence-corrected chi connectivity index (χ3v) is 5.02. The van der Waals surface area contributed by atoms with Crippen LogP contribution in [0.25, 0.3) is 5.82 Å². The molecule has 31 heavy (non-hydrogen) atoms. The number of rotatable bonds is 6. The first-order valence-corrected chi connectivity index (χ1v) is 9.89. The molecule has 2 aromatic rings. The largest absolute Gasteiger partial charge is 0.480 e. The topological polar surface area (TPSA) is 85.2 Å². The predicted molar refractivity (Wildman–Crippen MR) is 107 cm³/mol. The summed E-state index contributed by atoms with van der Waals surface area (Å²) in [5.41, 5.74) is -0.504. The molecule has 1 N–H and O–H groups in total. The minimum atomic E-state index is -4.81. The van der Waals surface area contributed by atoms with Gasteiger partial charge in [-0.2, -0.15) is 18.3 Å². The van der Waals surface area contributed by atoms with E-state index in [1.165, 1.54) is 24.8 Å². The Hall–Kier alpha value is -2.95. The van der Waals surface area contributed by atoms with Crippen LogP contribution in [0.5, 0.6) is 5.88 Å². The molecule has 0 bridgehead atoms. The number of amides is 1. The molecule has 0 aliphatic carbocycles. The highest BCUT2D eigenvalue weighted by Crippen LogP contribution is 2.33. The average molecular weight is 438 g/mol. The van der Waals surface area contributed by atoms with Crippen molar-refractivity contribution in [2.75, 3.05) is 26.7 Å². The number of likely N-dealkylation sites (tertiary alicyclic amines) is 1. The van der Waals surface area contributed by atoms with Crippen molar-refractivity contribution in [2.24, 2.45) is 0 Å². The third kappa shape index (κ3) is 5.60. The summed E-state index contributed by atoms with van der Waals surface area (Å²) in [5.74, 6) is -0.819. The Bertz CT molecular complexity index is 927. The molecule has 0 spiro atoms. The number of allylic oxidation sites excluding steroid dienone is 1. The normalized spacial score (nSPS) is 15.5. The third-order valence-electron chi connectivity index (χ3n) is 5.02. The minimum Gasteiger partial charge on any atom is -0.480 e. The van der Waals surface area contributed by atoms with Gasteiger partial charge in [-0.15, -0.1) is 10.2 Å². The van der Waals surface area contributed by atoms with Gasteiger partial charge in [0, 0.05) is 31.7 Å². The lowest BCUT2D eigenvalue weighted by Gasteiger charge is -2.31. The van der Waals surface area contributed by atoms with E-state index >= 15 is 0 Å². The van der Waals surface area contributed by atoms with Crippen LogP contribution in [-0.4, -0.2) is 63.6 Å². The van der Waals surface area contributed by atoms with Gasteiger partial charge in [-0.25, -0.2) is 4.68 Å². The number of hydrogen-bond acceptors (Lipinski definition) is 6. The molecule has 0 aromatic carbocycles. The molecular weight excluding hydrogens is 413 g/mol. The van der Waals surface area contributed by atoms with Gasteiger partial charge < -0.3 is 10.1 Å². The van der Waals surface area contributed by atoms with E-state index < -0.39 is 23.3 Å². The number of alkyl halides is 3. The van der Waals surface area contributed by atoms with E-state index in [0.717, 1.165) is 25.8 Å². The van der Waals surface area contributed by atoms with Crippen LogP contribution in [0, 0.1) is 0 Å². The molecule has 1 aliphatic rings. The van der Waals surface area contributed by atoms with Crippen molar-refractivity contribution in [1.82, 2.24) is 30.2 Å². The molecule has 0 saturated carbocycles. The molecule has 0 radical (unpaired) electrons. The van der Waals surface area contributed by atoms with Gasteiger partial charge in [-0.05, 0) is 32.8 Å². The first kappa shape index (κ1) is 22.7. The number of hydrogen-bond donors (Lipinski definition) is 1. The van der Waals surface area contributed by atoms with E-state index in [9.17, 15) is 18.0 Å². The number of nitrogens with one attached hydrogen (secondary N) is 1. The molecule has 3 heterocycles. The zero-order valence-electron chi connectivity index (χ0n) is 17.6. The quantitative estimate of drug-likeness (QED) is 0.699. The number of carbonyl (C=O) groups is 1. The average Bonchev–Trinajstić information content (AvgIpc) is 3.19. The fourth-order valence-corrected chi connectivity index (χ4v) is 3.33. The Kier molecular flexibility index (Phi) is 6.94. The first-order chi connectivity index (χ1) is 14.7. The summed E-state index contributed by atoms with van der Waals surface area (Å²) >= 11 is 0. The standard InChI is InChI=1S/C20H25F3N6O2/c1-13(2)6-9-28-10-7-14(8-11-28)25-19(30)15-12-24-29(18(15)20(21,22)23)16-4-5-17(31-3)27-26-16/h4-6,12,14H,7-11H2,1-3H3,(H,25,30). The van der Waals surface area contributed by atoms with Crippen LogP contribution in [-0.2, 0) is 6.18 Å². The molecule has 0 atom stereocenters. The summed E-state index contributed by atoms with van der Waals surface area (Å²) in [7, 11) is 1.37. The highest BCUT2D eigenvalue weighted by atomic mass is 19.4. The van der Waals surface area contributed by atoms with Crippen LogP contribution >= 0.6 is 0 Å². The molecule has 11 heteroatoms. The second kappa shape index (κ2) is 9.46. The van der Waals surface area contributed by atoms with Crippen molar-refractivity contribution in [1.29, 1.82) is 0 Å². The summed E-state index contributed by atoms with van der Waals surface area (Å²) in [6.45, 7) is 6.42. The van der Waals surface area contributed by atoms with Gasteiger partial charge in [0.1, 0.15) is 0 Å². The smallest absolute Gasteiger partial charge is 0.434 e. The van der Waals surface area contributed by atoms with Crippen LogP contribution in [0.4, 0.5) is 13.2 Å². The molecule has 1 fully saturated rings. The molecule has 1 aliphatic heterocycles. The lowest BCUT2D eigenvalue weighted by molar-refractivity contribution is -0.143. The molecule has 0 unspecified atom stereocenters. The number of piperidine rings is 1. The maximum atomic E-state index is 13.8. The van der Waals surface area contributed by atoms with Crippen LogP contribution in [0.3, 0.4) is 0 Å². The summed E-state index contributed by atoms with van der Waals surface area (Å²) in [5, 5.41) is 13.9. The van der Waals surface area contributed by atoms with E-state index in [2.05, 4.69) is 31.6 Å². The van der Waals surface area contributed by atoms with Crippen molar-refractivity contribution >= 4 is 5.91 Å². The fraction of sp³-hybridized carbons (Fsp3) is 0.500. The number of methoxy groups -OCH3 is 1. The van der Waals surface area contributed by atoms with Gasteiger partial charge in [0.15, 0.2) is 11.5 Å². The number of nitrogens with zero attached hydrogens (tertiary/aromatic N) is 5. The minimum absolute atomic E-state index is 0.151. The summed E-state index contributed by atoms with van der Waals surface area (Å²) in [6, 6.07) is 2.46. The van der Waals surface area contributed by atoms with Crippen LogP contribution in [0.2, 0.25) is 0 Å². The van der Waals surface area contributed by atoms with Crippen molar-refractivity contribution in [3.05, 3.63) is 41.2 Å². The summed E-state index contributed by atoms with van der Waals surface area (Å²) in [4.78, 5) is 14.9. The SMILES string of the molecule is COc1ccc(-n2ncc(C(=O)NC3CCN(CC=C(C)C)CC3)c2C(F)(F)F)nn1. The lowest BCUT2D eigenvalue weighted by Crippen LogP contribution is -2.45. The van der Waals surface area contributed by atoms with Gasteiger partial charge >= 0.3 is 6.18 Å². The second-order valence-corrected chi connectivity index (χ2v) is 7.58. The van der Waals surface area contributed by atoms with E-state index in [4.69, 9.17) is 4.74 Å². The maximum Gasteiger partial charge on any atom is 0.434 e. The van der Waals surface area contributed by atoms with Crippen LogP contribution in [0.15, 0.2) is 30.0 Å². The molecule has 1 amide bonds. The van der Waals surface area contributed by atoms with Crippen molar-refractivity contribution in [2.45, 2.75) is 38.9 Å². The molecule has 1 saturated heterocycles. The Labute approximate surface area is 178 Å². The van der Waals surface area contributed by atoms with Crippen LogP contribution in [0.1, 0.15) is 42.7 Å². The maximum absolute atomic E-state index is 13.8. The predicted octanol–water partition coefficient (Wildman–Crippen LogP) is 2.85. The van der Waals surface area contributed by atoms with Gasteiger partial charge in [0.05, 0.1) is 18.9 Å². The second-order valence-electron chi connectivity index (χ2n) is 7.58. The van der Waals surface area contributed by atoms with E-state index in [-0.39, 0.29) is 17.7 Å². The number of aromatic nitrogens is 4. The molecule has 8 nitrogen and oxygen atoms in total. The van der Waals surface area contributed by atoms with Gasteiger partial charge in [-0.1, -0.05) is 11.6 Å². The van der Waals surface area contributed by atoms with Gasteiger partial charge in [0.2, 0.25) is 5.88 Å². The zero-order chi connectivity index (χ0) is 22.6. The summed E-state index contributed by atoms with van der Waals surface area (Å²) < 4.78 is 46.8. The monoisotopic (exact) mass is 438 g/mol. The number of halogens is 3. The van der Waals surface area contributed by atoms with E-state index in [1.54, 1.807) is 0 Å². The molecule has 168 valence electrons. The molecular formula is C20H25F3N6O2. The fourth-order valence-electron chi connectivity index (χ4n) is 3.33. The Morgan fingerprint density at radius 1 is 1.26 bits per heavy atom. The van der Waals surface area contributed by atoms with Gasteiger partial charge in [-0.3, -0.25) is 9.69 Å². The zero-order valence-corrected chi connectivity index (χ0v) is 17.6. The Morgan fingerprint density at radius 2 is 1.97 bits per heavy atom. The lowest BCUT2D eigenvalue weighted by atomic mass is 10.0. The van der Waals surface area contributed by atoms with Crippen molar-refractivity contribution < 1.29 is 22.7 Å². The summed E-state index contributed by atoms with van der Waals surface area (Å²) in [6.07, 6.45) is -0.430. The first-order valence-electron chi connectivity index (χ1n) is 9.89. The van der Waals surface area contributed by atoms with Crippen molar-refractivity contribution in [3.8, 4) is 11.7 Å². The van der Waals surface area contributed by atoms with Gasteiger partial charge in [0.25, 0.3) is 5.91 Å². The van der Waals surface area contributed by atoms with E-state index in [1.807, 2.05) is 13.8 Å². The van der Waals surface area contributed by atoms with Crippen LogP contribution < -0.4 is 10.1 Å². The molecule has 3 rings (SSSR count). The molecule has 2 aromatic heterocycles. The van der Waals surface area contributed by atoms with Crippen molar-refractivity contribution in [3.63, 3.8) is 0 Å². The Balaban J connectivity index is 1.74.